The van der Waals surface area contributed by atoms with E-state index in [1.807, 2.05) is 0 Å². The number of rotatable bonds is 4. The third-order valence-electron chi connectivity index (χ3n) is 3.01. The number of benzene rings is 1. The first kappa shape index (κ1) is 12.0. The van der Waals surface area contributed by atoms with Crippen LogP contribution in [0.5, 0.6) is 0 Å². The average Bonchev–Trinajstić information content (AvgIpc) is 3.05. The van der Waals surface area contributed by atoms with E-state index in [-0.39, 0.29) is 18.3 Å². The van der Waals surface area contributed by atoms with Gasteiger partial charge in [0, 0.05) is 17.1 Å². The topological polar surface area (TPSA) is 29.5 Å². The number of halogens is 2. The van der Waals surface area contributed by atoms with Gasteiger partial charge in [0.05, 0.1) is 6.61 Å². The highest BCUT2D eigenvalue weighted by atomic mass is 79.9. The lowest BCUT2D eigenvalue weighted by molar-refractivity contribution is -0.0556. The molecular weight excluding hydrogens is 275 g/mol. The molecule has 2 rings (SSSR count). The van der Waals surface area contributed by atoms with Crippen LogP contribution in [0.25, 0.3) is 0 Å². The van der Waals surface area contributed by atoms with Crippen molar-refractivity contribution in [2.24, 2.45) is 5.92 Å². The zero-order chi connectivity index (χ0) is 11.8. The molecule has 0 radical (unpaired) electrons. The lowest BCUT2D eigenvalue weighted by Crippen LogP contribution is -2.34. The molecule has 0 spiro atoms. The van der Waals surface area contributed by atoms with Crippen molar-refractivity contribution >= 4 is 15.9 Å². The number of methoxy groups -OCH3 is 1. The second-order valence-electron chi connectivity index (χ2n) is 4.26. The SMILES string of the molecule is COCC(O)(c1cc(Br)ccc1F)C1CC1. The molecule has 1 aliphatic carbocycles. The van der Waals surface area contributed by atoms with Gasteiger partial charge in [-0.15, -0.1) is 0 Å². The van der Waals surface area contributed by atoms with Crippen molar-refractivity contribution in [3.63, 3.8) is 0 Å². The highest BCUT2D eigenvalue weighted by Gasteiger charge is 2.46. The zero-order valence-electron chi connectivity index (χ0n) is 9.04. The second-order valence-corrected chi connectivity index (χ2v) is 5.17. The van der Waals surface area contributed by atoms with Gasteiger partial charge in [-0.25, -0.2) is 4.39 Å². The molecule has 0 amide bonds. The van der Waals surface area contributed by atoms with Gasteiger partial charge in [-0.3, -0.25) is 0 Å². The van der Waals surface area contributed by atoms with Gasteiger partial charge in [0.25, 0.3) is 0 Å². The van der Waals surface area contributed by atoms with Gasteiger partial charge in [0.2, 0.25) is 0 Å². The highest BCUT2D eigenvalue weighted by Crippen LogP contribution is 2.46. The van der Waals surface area contributed by atoms with Crippen molar-refractivity contribution in [1.82, 2.24) is 0 Å². The largest absolute Gasteiger partial charge is 0.382 e. The fourth-order valence-electron chi connectivity index (χ4n) is 2.03. The van der Waals surface area contributed by atoms with E-state index in [4.69, 9.17) is 4.74 Å². The summed E-state index contributed by atoms with van der Waals surface area (Å²) >= 11 is 3.29. The second kappa shape index (κ2) is 4.43. The van der Waals surface area contributed by atoms with E-state index in [9.17, 15) is 9.50 Å². The Hall–Kier alpha value is -0.450. The third kappa shape index (κ3) is 2.14. The molecule has 0 aliphatic heterocycles. The number of hydrogen-bond acceptors (Lipinski definition) is 2. The molecule has 0 aromatic heterocycles. The molecule has 0 saturated heterocycles. The number of ether oxygens (including phenoxy) is 1. The minimum Gasteiger partial charge on any atom is -0.382 e. The van der Waals surface area contributed by atoms with E-state index >= 15 is 0 Å². The van der Waals surface area contributed by atoms with Crippen LogP contribution in [0.15, 0.2) is 22.7 Å². The fourth-order valence-corrected chi connectivity index (χ4v) is 2.39. The van der Waals surface area contributed by atoms with Crippen LogP contribution in [0.3, 0.4) is 0 Å². The smallest absolute Gasteiger partial charge is 0.129 e. The predicted octanol–water partition coefficient (Wildman–Crippen LogP) is 2.83. The first-order valence-electron chi connectivity index (χ1n) is 5.25. The normalized spacial score (nSPS) is 19.5. The van der Waals surface area contributed by atoms with E-state index in [0.29, 0.717) is 5.56 Å². The summed E-state index contributed by atoms with van der Waals surface area (Å²) in [4.78, 5) is 0. The van der Waals surface area contributed by atoms with Crippen molar-refractivity contribution in [2.45, 2.75) is 18.4 Å². The molecule has 88 valence electrons. The van der Waals surface area contributed by atoms with E-state index in [1.54, 1.807) is 12.1 Å². The Morgan fingerprint density at radius 3 is 2.81 bits per heavy atom. The molecule has 1 saturated carbocycles. The summed E-state index contributed by atoms with van der Waals surface area (Å²) in [5, 5.41) is 10.5. The monoisotopic (exact) mass is 288 g/mol. The Labute approximate surface area is 103 Å². The minimum absolute atomic E-state index is 0.108. The maximum atomic E-state index is 13.7. The molecule has 1 fully saturated rings. The van der Waals surface area contributed by atoms with Crippen LogP contribution >= 0.6 is 15.9 Å². The van der Waals surface area contributed by atoms with Crippen LogP contribution in [0, 0.1) is 11.7 Å². The van der Waals surface area contributed by atoms with Crippen molar-refractivity contribution in [1.29, 1.82) is 0 Å². The molecule has 1 aliphatic rings. The lowest BCUT2D eigenvalue weighted by atomic mass is 9.89. The summed E-state index contributed by atoms with van der Waals surface area (Å²) in [6.07, 6.45) is 1.84. The molecule has 4 heteroatoms. The van der Waals surface area contributed by atoms with E-state index < -0.39 is 5.60 Å². The molecule has 1 aromatic carbocycles. The third-order valence-corrected chi connectivity index (χ3v) is 3.51. The average molecular weight is 289 g/mol. The van der Waals surface area contributed by atoms with Gasteiger partial charge in [0.15, 0.2) is 0 Å². The molecule has 16 heavy (non-hydrogen) atoms. The number of aliphatic hydroxyl groups is 1. The highest BCUT2D eigenvalue weighted by molar-refractivity contribution is 9.10. The van der Waals surface area contributed by atoms with Crippen LogP contribution in [0.4, 0.5) is 4.39 Å². The Kier molecular flexibility index (Phi) is 3.33. The van der Waals surface area contributed by atoms with E-state index in [2.05, 4.69) is 15.9 Å². The van der Waals surface area contributed by atoms with Gasteiger partial charge in [0.1, 0.15) is 11.4 Å². The predicted molar refractivity (Wildman–Crippen MR) is 62.6 cm³/mol. The molecule has 0 bridgehead atoms. The zero-order valence-corrected chi connectivity index (χ0v) is 10.6. The van der Waals surface area contributed by atoms with Crippen molar-refractivity contribution in [3.8, 4) is 0 Å². The van der Waals surface area contributed by atoms with Gasteiger partial charge >= 0.3 is 0 Å². The van der Waals surface area contributed by atoms with Crippen LogP contribution in [-0.4, -0.2) is 18.8 Å². The fraction of sp³-hybridized carbons (Fsp3) is 0.500. The van der Waals surface area contributed by atoms with Crippen molar-refractivity contribution in [3.05, 3.63) is 34.1 Å². The van der Waals surface area contributed by atoms with Gasteiger partial charge < -0.3 is 9.84 Å². The van der Waals surface area contributed by atoms with Crippen molar-refractivity contribution < 1.29 is 14.2 Å². The molecule has 1 aromatic rings. The van der Waals surface area contributed by atoms with Crippen LogP contribution in [-0.2, 0) is 10.3 Å². The molecule has 1 unspecified atom stereocenters. The quantitative estimate of drug-likeness (QED) is 0.923. The van der Waals surface area contributed by atoms with Gasteiger partial charge in [-0.2, -0.15) is 0 Å². The molecular formula is C12H14BrFO2. The van der Waals surface area contributed by atoms with Crippen molar-refractivity contribution in [2.75, 3.05) is 13.7 Å². The standard InChI is InChI=1S/C12H14BrFO2/c1-16-7-12(15,8-2-3-8)10-6-9(13)4-5-11(10)14/h4-6,8,15H,2-3,7H2,1H3. The first-order chi connectivity index (χ1) is 7.58. The lowest BCUT2D eigenvalue weighted by Gasteiger charge is -2.28. The summed E-state index contributed by atoms with van der Waals surface area (Å²) in [5.41, 5.74) is -0.867. The van der Waals surface area contributed by atoms with E-state index in [0.717, 1.165) is 17.3 Å². The summed E-state index contributed by atoms with van der Waals surface area (Å²) in [7, 11) is 1.52. The summed E-state index contributed by atoms with van der Waals surface area (Å²) in [6, 6.07) is 4.62. The Bertz CT molecular complexity index is 393. The summed E-state index contributed by atoms with van der Waals surface area (Å²) in [5.74, 6) is -0.272. The maximum absolute atomic E-state index is 13.7. The van der Waals surface area contributed by atoms with Crippen LogP contribution in [0.2, 0.25) is 0 Å². The maximum Gasteiger partial charge on any atom is 0.129 e. The van der Waals surface area contributed by atoms with Crippen LogP contribution < -0.4 is 0 Å². The molecule has 2 nitrogen and oxygen atoms in total. The first-order valence-corrected chi connectivity index (χ1v) is 6.04. The molecule has 1 atom stereocenters. The minimum atomic E-state index is -1.19. The van der Waals surface area contributed by atoms with Gasteiger partial charge in [-0.1, -0.05) is 15.9 Å². The molecule has 1 N–H and O–H groups in total. The Morgan fingerprint density at radius 1 is 1.56 bits per heavy atom. The van der Waals surface area contributed by atoms with Crippen LogP contribution in [0.1, 0.15) is 18.4 Å². The Balaban J connectivity index is 2.41. The number of hydrogen-bond donors (Lipinski definition) is 1. The van der Waals surface area contributed by atoms with Gasteiger partial charge in [-0.05, 0) is 37.0 Å². The summed E-state index contributed by atoms with van der Waals surface area (Å²) < 4.78 is 19.5. The molecule has 0 heterocycles. The Morgan fingerprint density at radius 2 is 2.25 bits per heavy atom. The summed E-state index contributed by atoms with van der Waals surface area (Å²) in [6.45, 7) is 0.130. The van der Waals surface area contributed by atoms with E-state index in [1.165, 1.54) is 13.2 Å².